The maximum absolute atomic E-state index is 10.2. The SMILES string of the molecule is N[C@H](CC(=O)O)c1ccno1. The highest BCUT2D eigenvalue weighted by molar-refractivity contribution is 5.67. The summed E-state index contributed by atoms with van der Waals surface area (Å²) in [4.78, 5) is 10.2. The standard InChI is InChI=1S/C6H8N2O3/c7-4(3-6(9)10)5-1-2-8-11-5/h1-2,4H,3,7H2,(H,9,10)/t4-/m1/s1. The van der Waals surface area contributed by atoms with Gasteiger partial charge in [0.1, 0.15) is 0 Å². The lowest BCUT2D eigenvalue weighted by molar-refractivity contribution is -0.137. The first-order chi connectivity index (χ1) is 5.20. The fraction of sp³-hybridized carbons (Fsp3) is 0.333. The Morgan fingerprint density at radius 1 is 1.91 bits per heavy atom. The van der Waals surface area contributed by atoms with E-state index in [2.05, 4.69) is 9.68 Å². The summed E-state index contributed by atoms with van der Waals surface area (Å²) in [6.07, 6.45) is 1.28. The van der Waals surface area contributed by atoms with Gasteiger partial charge in [-0.05, 0) is 0 Å². The molecule has 1 heterocycles. The summed E-state index contributed by atoms with van der Waals surface area (Å²) in [5.74, 6) is -0.554. The summed E-state index contributed by atoms with van der Waals surface area (Å²) in [6.45, 7) is 0. The van der Waals surface area contributed by atoms with Crippen molar-refractivity contribution in [2.75, 3.05) is 0 Å². The Morgan fingerprint density at radius 3 is 3.09 bits per heavy atom. The Morgan fingerprint density at radius 2 is 2.64 bits per heavy atom. The fourth-order valence-electron chi connectivity index (χ4n) is 0.706. The smallest absolute Gasteiger partial charge is 0.305 e. The molecule has 0 spiro atoms. The van der Waals surface area contributed by atoms with Crippen LogP contribution in [0.3, 0.4) is 0 Å². The lowest BCUT2D eigenvalue weighted by Crippen LogP contribution is -2.14. The maximum atomic E-state index is 10.2. The van der Waals surface area contributed by atoms with E-state index in [-0.39, 0.29) is 6.42 Å². The molecule has 0 amide bonds. The van der Waals surface area contributed by atoms with E-state index < -0.39 is 12.0 Å². The minimum Gasteiger partial charge on any atom is -0.481 e. The second-order valence-corrected chi connectivity index (χ2v) is 2.12. The molecule has 1 aromatic heterocycles. The van der Waals surface area contributed by atoms with Crippen LogP contribution in [0.1, 0.15) is 18.2 Å². The van der Waals surface area contributed by atoms with Crippen molar-refractivity contribution in [2.45, 2.75) is 12.5 Å². The summed E-state index contributed by atoms with van der Waals surface area (Å²) < 4.78 is 4.66. The average Bonchev–Trinajstić information content (AvgIpc) is 2.35. The number of carbonyl (C=O) groups is 1. The van der Waals surface area contributed by atoms with Crippen LogP contribution in [-0.2, 0) is 4.79 Å². The molecule has 0 aromatic carbocycles. The van der Waals surface area contributed by atoms with Crippen LogP contribution in [0.4, 0.5) is 0 Å². The summed E-state index contributed by atoms with van der Waals surface area (Å²) in [6, 6.07) is 0.947. The molecule has 5 nitrogen and oxygen atoms in total. The van der Waals surface area contributed by atoms with E-state index in [9.17, 15) is 4.79 Å². The molecular formula is C6H8N2O3. The van der Waals surface area contributed by atoms with Gasteiger partial charge in [-0.2, -0.15) is 0 Å². The predicted octanol–water partition coefficient (Wildman–Crippen LogP) is 0.149. The van der Waals surface area contributed by atoms with Crippen LogP contribution in [0.25, 0.3) is 0 Å². The van der Waals surface area contributed by atoms with Crippen molar-refractivity contribution in [2.24, 2.45) is 5.73 Å². The molecule has 0 aliphatic carbocycles. The molecular weight excluding hydrogens is 148 g/mol. The largest absolute Gasteiger partial charge is 0.481 e. The maximum Gasteiger partial charge on any atom is 0.305 e. The van der Waals surface area contributed by atoms with Crippen molar-refractivity contribution < 1.29 is 14.4 Å². The minimum absolute atomic E-state index is 0.144. The molecule has 1 rings (SSSR count). The number of hydrogen-bond donors (Lipinski definition) is 2. The van der Waals surface area contributed by atoms with Crippen LogP contribution in [-0.4, -0.2) is 16.2 Å². The van der Waals surface area contributed by atoms with Gasteiger partial charge in [-0.1, -0.05) is 5.16 Å². The van der Waals surface area contributed by atoms with Crippen LogP contribution in [0, 0.1) is 0 Å². The lowest BCUT2D eigenvalue weighted by atomic mass is 10.2. The third kappa shape index (κ3) is 2.05. The first-order valence-corrected chi connectivity index (χ1v) is 3.08. The molecule has 0 radical (unpaired) electrons. The van der Waals surface area contributed by atoms with E-state index in [4.69, 9.17) is 10.8 Å². The average molecular weight is 156 g/mol. The van der Waals surface area contributed by atoms with Crippen molar-refractivity contribution in [3.8, 4) is 0 Å². The molecule has 0 saturated heterocycles. The van der Waals surface area contributed by atoms with Gasteiger partial charge in [0.05, 0.1) is 18.7 Å². The highest BCUT2D eigenvalue weighted by atomic mass is 16.5. The third-order valence-corrected chi connectivity index (χ3v) is 1.22. The molecule has 1 atom stereocenters. The zero-order valence-corrected chi connectivity index (χ0v) is 5.73. The van der Waals surface area contributed by atoms with Crippen molar-refractivity contribution >= 4 is 5.97 Å². The second-order valence-electron chi connectivity index (χ2n) is 2.12. The first kappa shape index (κ1) is 7.74. The van der Waals surface area contributed by atoms with Crippen molar-refractivity contribution in [3.05, 3.63) is 18.0 Å². The van der Waals surface area contributed by atoms with Crippen molar-refractivity contribution in [1.29, 1.82) is 0 Å². The van der Waals surface area contributed by atoms with Gasteiger partial charge in [0.25, 0.3) is 0 Å². The van der Waals surface area contributed by atoms with Crippen LogP contribution < -0.4 is 5.73 Å². The predicted molar refractivity (Wildman–Crippen MR) is 35.7 cm³/mol. The van der Waals surface area contributed by atoms with Gasteiger partial charge in [-0.3, -0.25) is 4.79 Å². The topological polar surface area (TPSA) is 89.4 Å². The van der Waals surface area contributed by atoms with E-state index in [1.165, 1.54) is 6.20 Å². The number of aromatic nitrogens is 1. The number of aliphatic carboxylic acids is 1. The molecule has 0 aliphatic rings. The van der Waals surface area contributed by atoms with Crippen LogP contribution >= 0.6 is 0 Å². The van der Waals surface area contributed by atoms with E-state index >= 15 is 0 Å². The number of carboxylic acid groups (broad SMARTS) is 1. The quantitative estimate of drug-likeness (QED) is 0.650. The normalized spacial score (nSPS) is 12.8. The van der Waals surface area contributed by atoms with Gasteiger partial charge in [-0.25, -0.2) is 0 Å². The number of carboxylic acids is 1. The van der Waals surface area contributed by atoms with Gasteiger partial charge in [0.2, 0.25) is 0 Å². The molecule has 11 heavy (non-hydrogen) atoms. The molecule has 0 saturated carbocycles. The summed E-state index contributed by atoms with van der Waals surface area (Å²) in [7, 11) is 0. The van der Waals surface area contributed by atoms with Gasteiger partial charge >= 0.3 is 5.97 Å². The highest BCUT2D eigenvalue weighted by Crippen LogP contribution is 2.11. The first-order valence-electron chi connectivity index (χ1n) is 3.08. The molecule has 5 heteroatoms. The molecule has 3 N–H and O–H groups in total. The Hall–Kier alpha value is -1.36. The molecule has 0 bridgehead atoms. The van der Waals surface area contributed by atoms with E-state index in [1.807, 2.05) is 0 Å². The van der Waals surface area contributed by atoms with Gasteiger partial charge in [0.15, 0.2) is 5.76 Å². The van der Waals surface area contributed by atoms with E-state index in [0.717, 1.165) is 0 Å². The van der Waals surface area contributed by atoms with Gasteiger partial charge in [0, 0.05) is 6.07 Å². The zero-order chi connectivity index (χ0) is 8.27. The Balaban J connectivity index is 2.56. The number of nitrogens with two attached hydrogens (primary N) is 1. The third-order valence-electron chi connectivity index (χ3n) is 1.22. The Kier molecular flexibility index (Phi) is 2.22. The zero-order valence-electron chi connectivity index (χ0n) is 5.73. The lowest BCUT2D eigenvalue weighted by Gasteiger charge is -2.01. The molecule has 0 aliphatic heterocycles. The summed E-state index contributed by atoms with van der Waals surface area (Å²) in [5.41, 5.74) is 5.43. The fourth-order valence-corrected chi connectivity index (χ4v) is 0.706. The monoisotopic (exact) mass is 156 g/mol. The summed E-state index contributed by atoms with van der Waals surface area (Å²) in [5, 5.41) is 11.7. The molecule has 0 fully saturated rings. The molecule has 0 unspecified atom stereocenters. The second kappa shape index (κ2) is 3.16. The van der Waals surface area contributed by atoms with Crippen molar-refractivity contribution in [3.63, 3.8) is 0 Å². The van der Waals surface area contributed by atoms with Crippen LogP contribution in [0.5, 0.6) is 0 Å². The molecule has 60 valence electrons. The Labute approximate surface area is 62.8 Å². The Bertz CT molecular complexity index is 232. The van der Waals surface area contributed by atoms with Crippen LogP contribution in [0.15, 0.2) is 16.8 Å². The van der Waals surface area contributed by atoms with Crippen molar-refractivity contribution in [1.82, 2.24) is 5.16 Å². The van der Waals surface area contributed by atoms with E-state index in [0.29, 0.717) is 5.76 Å². The summed E-state index contributed by atoms with van der Waals surface area (Å²) >= 11 is 0. The van der Waals surface area contributed by atoms with Gasteiger partial charge in [-0.15, -0.1) is 0 Å². The highest BCUT2D eigenvalue weighted by Gasteiger charge is 2.13. The number of hydrogen-bond acceptors (Lipinski definition) is 4. The molecule has 1 aromatic rings. The van der Waals surface area contributed by atoms with Gasteiger partial charge < -0.3 is 15.4 Å². The van der Waals surface area contributed by atoms with E-state index in [1.54, 1.807) is 6.07 Å². The number of nitrogens with zero attached hydrogens (tertiary/aromatic N) is 1. The van der Waals surface area contributed by atoms with Crippen LogP contribution in [0.2, 0.25) is 0 Å². The number of rotatable bonds is 3. The minimum atomic E-state index is -0.950.